The van der Waals surface area contributed by atoms with Gasteiger partial charge in [0.25, 0.3) is 0 Å². The molecule has 0 aliphatic rings. The first-order chi connectivity index (χ1) is 8.40. The van der Waals surface area contributed by atoms with E-state index in [4.69, 9.17) is 5.26 Å². The standard InChI is InChI=1S/C12H11N3.C2H6/c13-7-6-12-14-8-9-15(12)10-11-4-2-1-3-5-11;1-2/h1-5,8-9H,6,10H2;1-2H3. The number of rotatable bonds is 3. The highest BCUT2D eigenvalue weighted by atomic mass is 15.1. The van der Waals surface area contributed by atoms with Gasteiger partial charge in [-0.2, -0.15) is 5.26 Å². The number of hydrogen-bond acceptors (Lipinski definition) is 2. The number of imidazole rings is 1. The van der Waals surface area contributed by atoms with Gasteiger partial charge in [0.1, 0.15) is 5.82 Å². The van der Waals surface area contributed by atoms with Crippen LogP contribution in [0.3, 0.4) is 0 Å². The molecule has 1 aromatic heterocycles. The lowest BCUT2D eigenvalue weighted by atomic mass is 10.2. The van der Waals surface area contributed by atoms with Gasteiger partial charge in [-0.1, -0.05) is 44.2 Å². The van der Waals surface area contributed by atoms with E-state index < -0.39 is 0 Å². The molecule has 1 aromatic carbocycles. The number of aromatic nitrogens is 2. The Kier molecular flexibility index (Phi) is 5.53. The molecule has 17 heavy (non-hydrogen) atoms. The van der Waals surface area contributed by atoms with Gasteiger partial charge in [0.2, 0.25) is 0 Å². The Morgan fingerprint density at radius 3 is 2.59 bits per heavy atom. The van der Waals surface area contributed by atoms with Crippen molar-refractivity contribution in [3.63, 3.8) is 0 Å². The van der Waals surface area contributed by atoms with Crippen molar-refractivity contribution < 1.29 is 0 Å². The minimum Gasteiger partial charge on any atom is -0.330 e. The highest BCUT2D eigenvalue weighted by molar-refractivity contribution is 5.16. The first kappa shape index (κ1) is 13.0. The van der Waals surface area contributed by atoms with Crippen molar-refractivity contribution in [2.24, 2.45) is 0 Å². The third-order valence-corrected chi connectivity index (χ3v) is 2.23. The van der Waals surface area contributed by atoms with Gasteiger partial charge < -0.3 is 4.57 Å². The van der Waals surface area contributed by atoms with E-state index in [1.54, 1.807) is 6.20 Å². The van der Waals surface area contributed by atoms with E-state index in [0.29, 0.717) is 6.42 Å². The van der Waals surface area contributed by atoms with Crippen molar-refractivity contribution in [3.05, 3.63) is 54.1 Å². The quantitative estimate of drug-likeness (QED) is 0.808. The Hall–Kier alpha value is -2.08. The van der Waals surface area contributed by atoms with Crippen LogP contribution in [0.1, 0.15) is 25.2 Å². The molecule has 0 aliphatic carbocycles. The van der Waals surface area contributed by atoms with Crippen LogP contribution in [0, 0.1) is 11.3 Å². The zero-order valence-corrected chi connectivity index (χ0v) is 10.3. The molecule has 0 atom stereocenters. The van der Waals surface area contributed by atoms with E-state index in [-0.39, 0.29) is 0 Å². The van der Waals surface area contributed by atoms with E-state index in [2.05, 4.69) is 23.2 Å². The van der Waals surface area contributed by atoms with Gasteiger partial charge in [0, 0.05) is 18.9 Å². The molecule has 0 amide bonds. The molecule has 3 heteroatoms. The largest absolute Gasteiger partial charge is 0.330 e. The van der Waals surface area contributed by atoms with Crippen LogP contribution in [0.25, 0.3) is 0 Å². The van der Waals surface area contributed by atoms with E-state index in [9.17, 15) is 0 Å². The summed E-state index contributed by atoms with van der Waals surface area (Å²) >= 11 is 0. The molecule has 0 N–H and O–H groups in total. The zero-order valence-electron chi connectivity index (χ0n) is 10.3. The lowest BCUT2D eigenvalue weighted by molar-refractivity contribution is 0.747. The maximum absolute atomic E-state index is 8.63. The molecule has 0 saturated heterocycles. The number of nitrogens with zero attached hydrogens (tertiary/aromatic N) is 3. The van der Waals surface area contributed by atoms with Crippen molar-refractivity contribution in [3.8, 4) is 6.07 Å². The van der Waals surface area contributed by atoms with Crippen LogP contribution in [0.2, 0.25) is 0 Å². The smallest absolute Gasteiger partial charge is 0.123 e. The average molecular weight is 227 g/mol. The average Bonchev–Trinajstić information content (AvgIpc) is 2.81. The summed E-state index contributed by atoms with van der Waals surface area (Å²) < 4.78 is 2.00. The maximum Gasteiger partial charge on any atom is 0.123 e. The summed E-state index contributed by atoms with van der Waals surface area (Å²) in [6.45, 7) is 4.78. The van der Waals surface area contributed by atoms with Gasteiger partial charge in [0.15, 0.2) is 0 Å². The third-order valence-electron chi connectivity index (χ3n) is 2.23. The van der Waals surface area contributed by atoms with Crippen LogP contribution in [0.5, 0.6) is 0 Å². The fourth-order valence-electron chi connectivity index (χ4n) is 1.50. The van der Waals surface area contributed by atoms with Crippen LogP contribution < -0.4 is 0 Å². The summed E-state index contributed by atoms with van der Waals surface area (Å²) in [5.41, 5.74) is 1.22. The molecule has 1 heterocycles. The van der Waals surface area contributed by atoms with Crippen LogP contribution in [0.15, 0.2) is 42.7 Å². The van der Waals surface area contributed by atoms with Crippen molar-refractivity contribution in [1.82, 2.24) is 9.55 Å². The second-order valence-corrected chi connectivity index (χ2v) is 3.29. The van der Waals surface area contributed by atoms with Crippen molar-refractivity contribution >= 4 is 0 Å². The van der Waals surface area contributed by atoms with Gasteiger partial charge in [-0.3, -0.25) is 0 Å². The number of nitriles is 1. The Morgan fingerprint density at radius 1 is 1.24 bits per heavy atom. The summed E-state index contributed by atoms with van der Waals surface area (Å²) in [6, 6.07) is 12.3. The first-order valence-corrected chi connectivity index (χ1v) is 5.81. The molecular weight excluding hydrogens is 210 g/mol. The van der Waals surface area contributed by atoms with Crippen molar-refractivity contribution in [1.29, 1.82) is 5.26 Å². The van der Waals surface area contributed by atoms with Crippen molar-refractivity contribution in [2.45, 2.75) is 26.8 Å². The summed E-state index contributed by atoms with van der Waals surface area (Å²) in [4.78, 5) is 4.14. The molecule has 0 spiro atoms. The fourth-order valence-corrected chi connectivity index (χ4v) is 1.50. The zero-order chi connectivity index (χ0) is 12.5. The second-order valence-electron chi connectivity index (χ2n) is 3.29. The van der Waals surface area contributed by atoms with Crippen molar-refractivity contribution in [2.75, 3.05) is 0 Å². The molecule has 0 radical (unpaired) electrons. The molecule has 3 nitrogen and oxygen atoms in total. The van der Waals surface area contributed by atoms with Gasteiger partial charge >= 0.3 is 0 Å². The van der Waals surface area contributed by atoms with Gasteiger partial charge in [-0.15, -0.1) is 0 Å². The maximum atomic E-state index is 8.63. The monoisotopic (exact) mass is 227 g/mol. The normalized spacial score (nSPS) is 9.00. The highest BCUT2D eigenvalue weighted by Gasteiger charge is 2.01. The number of benzene rings is 1. The van der Waals surface area contributed by atoms with Gasteiger partial charge in [0.05, 0.1) is 12.5 Å². The SMILES string of the molecule is CC.N#CCc1nccn1Cc1ccccc1. The van der Waals surface area contributed by atoms with E-state index >= 15 is 0 Å². The van der Waals surface area contributed by atoms with Gasteiger partial charge in [-0.25, -0.2) is 4.98 Å². The molecule has 0 unspecified atom stereocenters. The molecule has 0 saturated carbocycles. The van der Waals surface area contributed by atoms with Crippen LogP contribution in [-0.4, -0.2) is 9.55 Å². The topological polar surface area (TPSA) is 41.6 Å². The Labute approximate surface area is 102 Å². The molecular formula is C14H17N3. The fraction of sp³-hybridized carbons (Fsp3) is 0.286. The number of hydrogen-bond donors (Lipinski definition) is 0. The van der Waals surface area contributed by atoms with Crippen LogP contribution in [-0.2, 0) is 13.0 Å². The van der Waals surface area contributed by atoms with Crippen LogP contribution in [0.4, 0.5) is 0 Å². The minimum atomic E-state index is 0.361. The molecule has 0 bridgehead atoms. The molecule has 2 aromatic rings. The van der Waals surface area contributed by atoms with E-state index in [1.807, 2.05) is 42.8 Å². The Balaban J connectivity index is 0.000000686. The predicted molar refractivity (Wildman–Crippen MR) is 68.4 cm³/mol. The lowest BCUT2D eigenvalue weighted by Gasteiger charge is -2.05. The summed E-state index contributed by atoms with van der Waals surface area (Å²) in [6.07, 6.45) is 4.00. The Bertz CT molecular complexity index is 466. The predicted octanol–water partition coefficient (Wildman–Crippen LogP) is 3.02. The lowest BCUT2D eigenvalue weighted by Crippen LogP contribution is -2.03. The first-order valence-electron chi connectivity index (χ1n) is 5.81. The third kappa shape index (κ3) is 3.76. The Morgan fingerprint density at radius 2 is 1.94 bits per heavy atom. The summed E-state index contributed by atoms with van der Waals surface area (Å²) in [5, 5.41) is 8.63. The van der Waals surface area contributed by atoms with Crippen LogP contribution >= 0.6 is 0 Å². The minimum absolute atomic E-state index is 0.361. The summed E-state index contributed by atoms with van der Waals surface area (Å²) in [5.74, 6) is 0.821. The van der Waals surface area contributed by atoms with E-state index in [0.717, 1.165) is 12.4 Å². The van der Waals surface area contributed by atoms with E-state index in [1.165, 1.54) is 5.56 Å². The second kappa shape index (κ2) is 7.24. The molecule has 2 rings (SSSR count). The molecule has 0 fully saturated rings. The molecule has 0 aliphatic heterocycles. The van der Waals surface area contributed by atoms with Gasteiger partial charge in [-0.05, 0) is 5.56 Å². The summed E-state index contributed by atoms with van der Waals surface area (Å²) in [7, 11) is 0. The molecule has 88 valence electrons. The highest BCUT2D eigenvalue weighted by Crippen LogP contribution is 2.05.